The molecular formula is C26H24P2. The van der Waals surface area contributed by atoms with Crippen LogP contribution in [0.2, 0.25) is 0 Å². The topological polar surface area (TPSA) is 0 Å². The molecule has 4 rings (SSSR count). The molecule has 0 aliphatic heterocycles. The number of aryl methyl sites for hydroxylation is 2. The van der Waals surface area contributed by atoms with Crippen molar-refractivity contribution in [1.82, 2.24) is 0 Å². The number of benzene rings is 4. The lowest BCUT2D eigenvalue weighted by Crippen LogP contribution is -2.06. The lowest BCUT2D eigenvalue weighted by atomic mass is 10.1. The second kappa shape index (κ2) is 8.83. The van der Waals surface area contributed by atoms with Crippen molar-refractivity contribution >= 4 is 38.4 Å². The predicted molar refractivity (Wildman–Crippen MR) is 129 cm³/mol. The van der Waals surface area contributed by atoms with E-state index in [0.29, 0.717) is 17.2 Å². The summed E-state index contributed by atoms with van der Waals surface area (Å²) in [5.41, 5.74) is 5.30. The van der Waals surface area contributed by atoms with Crippen molar-refractivity contribution in [3.63, 3.8) is 0 Å². The van der Waals surface area contributed by atoms with Gasteiger partial charge in [-0.25, -0.2) is 0 Å². The summed E-state index contributed by atoms with van der Waals surface area (Å²) in [6.07, 6.45) is 0. The van der Waals surface area contributed by atoms with Gasteiger partial charge < -0.3 is 0 Å². The Hall–Kier alpha value is -2.26. The van der Waals surface area contributed by atoms with Crippen molar-refractivity contribution in [2.75, 3.05) is 0 Å². The quantitative estimate of drug-likeness (QED) is 0.404. The molecule has 0 bridgehead atoms. The Morgan fingerprint density at radius 1 is 0.429 bits per heavy atom. The maximum atomic E-state index is 2.27. The van der Waals surface area contributed by atoms with Gasteiger partial charge >= 0.3 is 0 Å². The van der Waals surface area contributed by atoms with Crippen molar-refractivity contribution in [2.24, 2.45) is 0 Å². The zero-order chi connectivity index (χ0) is 19.3. The van der Waals surface area contributed by atoms with Gasteiger partial charge in [0.15, 0.2) is 0 Å². The van der Waals surface area contributed by atoms with Crippen LogP contribution < -0.4 is 21.2 Å². The van der Waals surface area contributed by atoms with Crippen LogP contribution in [-0.2, 0) is 0 Å². The molecular weight excluding hydrogens is 374 g/mol. The third kappa shape index (κ3) is 4.59. The molecule has 4 aromatic carbocycles. The van der Waals surface area contributed by atoms with Gasteiger partial charge in [-0.2, -0.15) is 0 Å². The monoisotopic (exact) mass is 398 g/mol. The van der Waals surface area contributed by atoms with Crippen molar-refractivity contribution in [1.29, 1.82) is 0 Å². The Morgan fingerprint density at radius 3 is 1.14 bits per heavy atom. The Morgan fingerprint density at radius 2 is 0.786 bits per heavy atom. The zero-order valence-corrected chi connectivity index (χ0v) is 18.2. The highest BCUT2D eigenvalue weighted by Gasteiger charge is 2.03. The Labute approximate surface area is 171 Å². The van der Waals surface area contributed by atoms with E-state index in [9.17, 15) is 0 Å². The third-order valence-corrected chi connectivity index (χ3v) is 7.86. The smallest absolute Gasteiger partial charge is 0.0184 e. The first-order valence-electron chi connectivity index (χ1n) is 9.55. The first kappa shape index (κ1) is 19.1. The van der Waals surface area contributed by atoms with Crippen LogP contribution in [-0.4, -0.2) is 0 Å². The van der Waals surface area contributed by atoms with Gasteiger partial charge in [0.1, 0.15) is 0 Å². The van der Waals surface area contributed by atoms with Crippen LogP contribution in [0.15, 0.2) is 97.1 Å². The van der Waals surface area contributed by atoms with Crippen LogP contribution in [0.3, 0.4) is 0 Å². The first-order valence-corrected chi connectivity index (χ1v) is 11.5. The highest BCUT2D eigenvalue weighted by Crippen LogP contribution is 2.22. The molecule has 138 valence electrons. The fourth-order valence-corrected chi connectivity index (χ4v) is 5.44. The Balaban J connectivity index is 1.47. The summed E-state index contributed by atoms with van der Waals surface area (Å²) in [6.45, 7) is 4.38. The minimum Gasteiger partial charge on any atom is -0.0620 e. The molecule has 2 atom stereocenters. The summed E-state index contributed by atoms with van der Waals surface area (Å²) in [6, 6.07) is 35.4. The molecule has 0 fully saturated rings. The fraction of sp³-hybridized carbons (Fsp3) is 0.0769. The number of hydrogen-bond acceptors (Lipinski definition) is 0. The maximum absolute atomic E-state index is 2.27. The zero-order valence-electron chi connectivity index (χ0n) is 16.2. The van der Waals surface area contributed by atoms with Gasteiger partial charge in [0.2, 0.25) is 0 Å². The number of rotatable bonds is 5. The van der Waals surface area contributed by atoms with Crippen LogP contribution in [0.5, 0.6) is 0 Å². The molecule has 2 heteroatoms. The van der Waals surface area contributed by atoms with Gasteiger partial charge in [-0.1, -0.05) is 114 Å². The van der Waals surface area contributed by atoms with E-state index in [1.807, 2.05) is 0 Å². The van der Waals surface area contributed by atoms with Crippen molar-refractivity contribution in [3.8, 4) is 11.1 Å². The van der Waals surface area contributed by atoms with Gasteiger partial charge in [0.25, 0.3) is 0 Å². The predicted octanol–water partition coefficient (Wildman–Crippen LogP) is 5.23. The molecule has 2 unspecified atom stereocenters. The molecule has 0 aliphatic rings. The van der Waals surface area contributed by atoms with Gasteiger partial charge in [0.05, 0.1) is 0 Å². The minimum atomic E-state index is 0.711. The number of hydrogen-bond donors (Lipinski definition) is 0. The second-order valence-corrected chi connectivity index (χ2v) is 9.77. The van der Waals surface area contributed by atoms with E-state index in [2.05, 4.69) is 111 Å². The Bertz CT molecular complexity index is 975. The van der Waals surface area contributed by atoms with Crippen LogP contribution in [0, 0.1) is 13.8 Å². The van der Waals surface area contributed by atoms with E-state index < -0.39 is 0 Å². The van der Waals surface area contributed by atoms with E-state index >= 15 is 0 Å². The molecule has 0 amide bonds. The third-order valence-electron chi connectivity index (χ3n) is 4.95. The molecule has 0 aromatic heterocycles. The fourth-order valence-electron chi connectivity index (χ4n) is 3.23. The summed E-state index contributed by atoms with van der Waals surface area (Å²) in [5.74, 6) is 0. The second-order valence-electron chi connectivity index (χ2n) is 7.03. The molecule has 0 N–H and O–H groups in total. The molecule has 0 saturated carbocycles. The van der Waals surface area contributed by atoms with E-state index in [0.717, 1.165) is 0 Å². The van der Waals surface area contributed by atoms with E-state index in [4.69, 9.17) is 0 Å². The average Bonchev–Trinajstić information content (AvgIpc) is 2.73. The van der Waals surface area contributed by atoms with Crippen LogP contribution in [0.25, 0.3) is 11.1 Å². The molecule has 4 aromatic rings. The molecule has 0 aliphatic carbocycles. The maximum Gasteiger partial charge on any atom is -0.0184 e. The summed E-state index contributed by atoms with van der Waals surface area (Å²) in [7, 11) is 1.42. The first-order chi connectivity index (χ1) is 13.7. The minimum absolute atomic E-state index is 0.711. The molecule has 0 saturated heterocycles. The van der Waals surface area contributed by atoms with Gasteiger partial charge in [-0.3, -0.25) is 0 Å². The summed E-state index contributed by atoms with van der Waals surface area (Å²) >= 11 is 0. The largest absolute Gasteiger partial charge is 0.0620 e. The summed E-state index contributed by atoms with van der Waals surface area (Å²) in [5, 5.41) is 5.63. The molecule has 28 heavy (non-hydrogen) atoms. The van der Waals surface area contributed by atoms with Crippen molar-refractivity contribution < 1.29 is 0 Å². The van der Waals surface area contributed by atoms with Crippen LogP contribution in [0.1, 0.15) is 11.1 Å². The lowest BCUT2D eigenvalue weighted by Gasteiger charge is -2.09. The van der Waals surface area contributed by atoms with Crippen LogP contribution in [0.4, 0.5) is 0 Å². The van der Waals surface area contributed by atoms with E-state index in [1.54, 1.807) is 0 Å². The average molecular weight is 398 g/mol. The molecule has 0 nitrogen and oxygen atoms in total. The summed E-state index contributed by atoms with van der Waals surface area (Å²) < 4.78 is 0. The summed E-state index contributed by atoms with van der Waals surface area (Å²) in [4.78, 5) is 0. The highest BCUT2D eigenvalue weighted by molar-refractivity contribution is 7.56. The Kier molecular flexibility index (Phi) is 6.01. The normalized spacial score (nSPS) is 11.6. The van der Waals surface area contributed by atoms with E-state index in [-0.39, 0.29) is 0 Å². The van der Waals surface area contributed by atoms with E-state index in [1.165, 1.54) is 43.5 Å². The van der Waals surface area contributed by atoms with Gasteiger partial charge in [0, 0.05) is 0 Å². The van der Waals surface area contributed by atoms with Crippen molar-refractivity contribution in [3.05, 3.63) is 108 Å². The van der Waals surface area contributed by atoms with Crippen LogP contribution >= 0.6 is 17.2 Å². The molecule has 0 spiro atoms. The molecule has 0 heterocycles. The standard InChI is InChI=1S/C26H24P2/c1-19-7-3-5-9-25(19)27-23-15-11-21(12-16-23)22-13-17-24(18-14-22)28-26-10-6-4-8-20(26)2/h3-18,27-28H,1-2H3. The van der Waals surface area contributed by atoms with Gasteiger partial charge in [-0.15, -0.1) is 0 Å². The highest BCUT2D eigenvalue weighted by atomic mass is 31.1. The molecule has 0 radical (unpaired) electrons. The SMILES string of the molecule is Cc1ccccc1Pc1ccc(-c2ccc(Pc3ccccc3C)cc2)cc1. The van der Waals surface area contributed by atoms with Crippen molar-refractivity contribution in [2.45, 2.75) is 13.8 Å². The van der Waals surface area contributed by atoms with Gasteiger partial charge in [-0.05, 0) is 57.3 Å². The lowest BCUT2D eigenvalue weighted by molar-refractivity contribution is 1.52.